The van der Waals surface area contributed by atoms with Gasteiger partial charge in [0.2, 0.25) is 15.9 Å². The predicted octanol–water partition coefficient (Wildman–Crippen LogP) is 4.03. The minimum atomic E-state index is -4.40. The summed E-state index contributed by atoms with van der Waals surface area (Å²) in [4.78, 5) is 12.4. The molecule has 0 spiro atoms. The highest BCUT2D eigenvalue weighted by molar-refractivity contribution is 7.92. The van der Waals surface area contributed by atoms with E-state index in [0.29, 0.717) is 18.4 Å². The number of benzene rings is 2. The zero-order valence-electron chi connectivity index (χ0n) is 16.7. The number of sulfonamides is 1. The summed E-state index contributed by atoms with van der Waals surface area (Å²) in [5, 5.41) is 3.90. The van der Waals surface area contributed by atoms with Crippen molar-refractivity contribution in [1.29, 1.82) is 0 Å². The molecular formula is C22H23F3N2O3S. The van der Waals surface area contributed by atoms with Crippen molar-refractivity contribution in [2.24, 2.45) is 5.92 Å². The molecule has 0 aliphatic carbocycles. The van der Waals surface area contributed by atoms with Gasteiger partial charge in [-0.05, 0) is 42.2 Å². The third kappa shape index (κ3) is 6.41. The molecule has 1 amide bonds. The first-order valence-corrected chi connectivity index (χ1v) is 11.3. The van der Waals surface area contributed by atoms with Gasteiger partial charge in [-0.1, -0.05) is 42.5 Å². The summed E-state index contributed by atoms with van der Waals surface area (Å²) in [6.07, 6.45) is -2.08. The van der Waals surface area contributed by atoms with Crippen molar-refractivity contribution in [3.8, 4) is 0 Å². The fourth-order valence-corrected chi connectivity index (χ4v) is 4.55. The number of carbonyl (C=O) groups is 1. The number of carbonyl (C=O) groups excluding carboxylic acids is 1. The Morgan fingerprint density at radius 2 is 1.65 bits per heavy atom. The van der Waals surface area contributed by atoms with Crippen LogP contribution < -0.4 is 5.32 Å². The van der Waals surface area contributed by atoms with Crippen LogP contribution in [0.15, 0.2) is 60.0 Å². The minimum absolute atomic E-state index is 0.120. The van der Waals surface area contributed by atoms with Crippen LogP contribution in [0.3, 0.4) is 0 Å². The zero-order chi connectivity index (χ0) is 22.5. The fourth-order valence-electron chi connectivity index (χ4n) is 3.33. The smallest absolute Gasteiger partial charge is 0.352 e. The lowest BCUT2D eigenvalue weighted by atomic mass is 9.97. The summed E-state index contributed by atoms with van der Waals surface area (Å²) in [6.45, 7) is 0.592. The lowest BCUT2D eigenvalue weighted by Crippen LogP contribution is -2.42. The Morgan fingerprint density at radius 3 is 2.23 bits per heavy atom. The number of alkyl halides is 3. The maximum atomic E-state index is 12.6. The molecule has 0 saturated carbocycles. The average molecular weight is 452 g/mol. The molecule has 3 rings (SSSR count). The molecule has 31 heavy (non-hydrogen) atoms. The first-order chi connectivity index (χ1) is 14.6. The second-order valence-electron chi connectivity index (χ2n) is 7.34. The van der Waals surface area contributed by atoms with Gasteiger partial charge in [-0.2, -0.15) is 17.5 Å². The molecule has 1 aliphatic heterocycles. The number of halogens is 3. The summed E-state index contributed by atoms with van der Waals surface area (Å²) in [5.41, 5.74) is 0.605. The van der Waals surface area contributed by atoms with Gasteiger partial charge in [0.25, 0.3) is 0 Å². The minimum Gasteiger partial charge on any atom is -0.352 e. The van der Waals surface area contributed by atoms with E-state index in [0.717, 1.165) is 17.7 Å². The van der Waals surface area contributed by atoms with E-state index in [1.165, 1.54) is 27.9 Å². The molecule has 1 heterocycles. The van der Waals surface area contributed by atoms with Crippen LogP contribution in [0, 0.1) is 5.92 Å². The van der Waals surface area contributed by atoms with Crippen LogP contribution in [0.2, 0.25) is 0 Å². The number of amides is 1. The molecule has 9 heteroatoms. The molecule has 0 aromatic heterocycles. The van der Waals surface area contributed by atoms with E-state index >= 15 is 0 Å². The number of hydrogen-bond donors (Lipinski definition) is 1. The second-order valence-corrected chi connectivity index (χ2v) is 9.16. The van der Waals surface area contributed by atoms with Gasteiger partial charge in [0.15, 0.2) is 0 Å². The third-order valence-electron chi connectivity index (χ3n) is 5.16. The fraction of sp³-hybridized carbons (Fsp3) is 0.318. The molecule has 1 saturated heterocycles. The van der Waals surface area contributed by atoms with Crippen LogP contribution in [-0.2, 0) is 27.5 Å². The van der Waals surface area contributed by atoms with E-state index in [1.54, 1.807) is 12.1 Å². The molecule has 166 valence electrons. The Balaban J connectivity index is 1.48. The zero-order valence-corrected chi connectivity index (χ0v) is 17.5. The van der Waals surface area contributed by atoms with Crippen molar-refractivity contribution in [1.82, 2.24) is 9.62 Å². The van der Waals surface area contributed by atoms with Crippen molar-refractivity contribution in [2.45, 2.75) is 25.6 Å². The monoisotopic (exact) mass is 452 g/mol. The number of nitrogens with zero attached hydrogens (tertiary/aromatic N) is 1. The van der Waals surface area contributed by atoms with Crippen LogP contribution in [0.5, 0.6) is 0 Å². The van der Waals surface area contributed by atoms with Gasteiger partial charge in [-0.25, -0.2) is 8.42 Å². The van der Waals surface area contributed by atoms with Gasteiger partial charge in [-0.3, -0.25) is 4.79 Å². The molecule has 1 N–H and O–H groups in total. The van der Waals surface area contributed by atoms with Gasteiger partial charge >= 0.3 is 6.18 Å². The first-order valence-electron chi connectivity index (χ1n) is 9.82. The lowest BCUT2D eigenvalue weighted by molar-refractivity contribution is -0.137. The summed E-state index contributed by atoms with van der Waals surface area (Å²) in [5.74, 6) is -0.559. The molecule has 1 fully saturated rings. The van der Waals surface area contributed by atoms with Crippen molar-refractivity contribution < 1.29 is 26.4 Å². The number of nitrogens with one attached hydrogen (secondary N) is 1. The van der Waals surface area contributed by atoms with Gasteiger partial charge in [0.1, 0.15) is 0 Å². The van der Waals surface area contributed by atoms with Crippen LogP contribution >= 0.6 is 0 Å². The molecule has 1 aliphatic rings. The average Bonchev–Trinajstić information content (AvgIpc) is 2.76. The Morgan fingerprint density at radius 1 is 1.03 bits per heavy atom. The Hall–Kier alpha value is -2.65. The van der Waals surface area contributed by atoms with E-state index in [2.05, 4.69) is 5.32 Å². The summed E-state index contributed by atoms with van der Waals surface area (Å²) in [7, 11) is -3.57. The number of rotatable bonds is 6. The number of piperidine rings is 1. The maximum Gasteiger partial charge on any atom is 0.416 e. The molecule has 0 atom stereocenters. The molecule has 2 aromatic carbocycles. The summed E-state index contributed by atoms with van der Waals surface area (Å²) in [6, 6.07) is 13.7. The predicted molar refractivity (Wildman–Crippen MR) is 112 cm³/mol. The Labute approximate surface area is 179 Å². The molecule has 2 aromatic rings. The number of hydrogen-bond acceptors (Lipinski definition) is 3. The molecule has 0 bridgehead atoms. The standard InChI is InChI=1S/C22H23F3N2O3S/c23-22(24,25)20-8-6-18(7-9-20)16-26-21(28)19-10-13-27(14-11-19)31(29,30)15-12-17-4-2-1-3-5-17/h1-9,12,15,19H,10-11,13-14,16H2,(H,26,28)/b15-12+. The van der Waals surface area contributed by atoms with E-state index in [4.69, 9.17) is 0 Å². The molecule has 0 unspecified atom stereocenters. The molecule has 0 radical (unpaired) electrons. The van der Waals surface area contributed by atoms with Crippen molar-refractivity contribution in [3.63, 3.8) is 0 Å². The van der Waals surface area contributed by atoms with Gasteiger partial charge in [0, 0.05) is 31.0 Å². The van der Waals surface area contributed by atoms with E-state index in [1.807, 2.05) is 18.2 Å². The summed E-state index contributed by atoms with van der Waals surface area (Å²) >= 11 is 0. The molecular weight excluding hydrogens is 429 g/mol. The third-order valence-corrected chi connectivity index (χ3v) is 6.73. The van der Waals surface area contributed by atoms with Crippen LogP contribution in [-0.4, -0.2) is 31.7 Å². The SMILES string of the molecule is O=C(NCc1ccc(C(F)(F)F)cc1)C1CCN(S(=O)(=O)/C=C/c2ccccc2)CC1. The second kappa shape index (κ2) is 9.65. The van der Waals surface area contributed by atoms with E-state index in [9.17, 15) is 26.4 Å². The van der Waals surface area contributed by atoms with Gasteiger partial charge in [-0.15, -0.1) is 0 Å². The maximum absolute atomic E-state index is 12.6. The first kappa shape index (κ1) is 23.0. The highest BCUT2D eigenvalue weighted by Crippen LogP contribution is 2.29. The highest BCUT2D eigenvalue weighted by atomic mass is 32.2. The van der Waals surface area contributed by atoms with Crippen molar-refractivity contribution >= 4 is 22.0 Å². The van der Waals surface area contributed by atoms with E-state index in [-0.39, 0.29) is 31.5 Å². The highest BCUT2D eigenvalue weighted by Gasteiger charge is 2.31. The quantitative estimate of drug-likeness (QED) is 0.720. The van der Waals surface area contributed by atoms with Crippen molar-refractivity contribution in [2.75, 3.05) is 13.1 Å². The van der Waals surface area contributed by atoms with Crippen LogP contribution in [0.4, 0.5) is 13.2 Å². The van der Waals surface area contributed by atoms with Gasteiger partial charge in [0.05, 0.1) is 5.56 Å². The molecule has 5 nitrogen and oxygen atoms in total. The van der Waals surface area contributed by atoms with E-state index < -0.39 is 21.8 Å². The van der Waals surface area contributed by atoms with Crippen LogP contribution in [0.25, 0.3) is 6.08 Å². The Kier molecular flexibility index (Phi) is 7.17. The van der Waals surface area contributed by atoms with Gasteiger partial charge < -0.3 is 5.32 Å². The Bertz CT molecular complexity index is 1010. The van der Waals surface area contributed by atoms with Crippen LogP contribution in [0.1, 0.15) is 29.5 Å². The topological polar surface area (TPSA) is 66.5 Å². The summed E-state index contributed by atoms with van der Waals surface area (Å²) < 4.78 is 64.2. The normalized spacial score (nSPS) is 16.5. The lowest BCUT2D eigenvalue weighted by Gasteiger charge is -2.29. The van der Waals surface area contributed by atoms with Crippen molar-refractivity contribution in [3.05, 3.63) is 76.7 Å². The largest absolute Gasteiger partial charge is 0.416 e.